The monoisotopic (exact) mass is 270 g/mol. The summed E-state index contributed by atoms with van der Waals surface area (Å²) in [6.45, 7) is 3.54. The summed E-state index contributed by atoms with van der Waals surface area (Å²) in [7, 11) is 0. The van der Waals surface area contributed by atoms with Crippen LogP contribution in [0.4, 0.5) is 5.69 Å². The van der Waals surface area contributed by atoms with Gasteiger partial charge in [0.2, 0.25) is 5.91 Å². The van der Waals surface area contributed by atoms with Gasteiger partial charge in [-0.2, -0.15) is 0 Å². The van der Waals surface area contributed by atoms with Crippen LogP contribution >= 0.6 is 0 Å². The first-order chi connectivity index (χ1) is 9.79. The number of hydrogen-bond acceptors (Lipinski definition) is 4. The molecule has 1 aromatic heterocycles. The van der Waals surface area contributed by atoms with Crippen LogP contribution in [-0.2, 0) is 4.79 Å². The first-order valence-electron chi connectivity index (χ1n) is 6.67. The number of rotatable bonds is 6. The van der Waals surface area contributed by atoms with E-state index in [1.165, 1.54) is 0 Å². The molecule has 1 aromatic carbocycles. The van der Waals surface area contributed by atoms with Gasteiger partial charge in [0, 0.05) is 18.5 Å². The fourth-order valence-electron chi connectivity index (χ4n) is 1.73. The lowest BCUT2D eigenvalue weighted by molar-refractivity contribution is -0.116. The molecule has 2 rings (SSSR count). The summed E-state index contributed by atoms with van der Waals surface area (Å²) in [5.74, 6) is 0.609. The Morgan fingerprint density at radius 2 is 1.85 bits per heavy atom. The van der Waals surface area contributed by atoms with Crippen molar-refractivity contribution in [1.29, 1.82) is 0 Å². The standard InChI is InChI=1S/C15H18N4O/c1-2-16-9-8-14(20)19-13-10-17-15(18-11-13)12-6-4-3-5-7-12/h3-7,10-11,16H,2,8-9H2,1H3,(H,19,20). The highest BCUT2D eigenvalue weighted by molar-refractivity contribution is 5.90. The molecule has 0 atom stereocenters. The molecule has 104 valence electrons. The molecule has 2 aromatic rings. The van der Waals surface area contributed by atoms with E-state index in [-0.39, 0.29) is 5.91 Å². The van der Waals surface area contributed by atoms with Crippen LogP contribution in [0.25, 0.3) is 11.4 Å². The van der Waals surface area contributed by atoms with Crippen LogP contribution in [0.5, 0.6) is 0 Å². The van der Waals surface area contributed by atoms with Gasteiger partial charge in [-0.3, -0.25) is 4.79 Å². The summed E-state index contributed by atoms with van der Waals surface area (Å²) < 4.78 is 0. The molecule has 5 nitrogen and oxygen atoms in total. The van der Waals surface area contributed by atoms with E-state index in [9.17, 15) is 4.79 Å². The Hall–Kier alpha value is -2.27. The van der Waals surface area contributed by atoms with Gasteiger partial charge >= 0.3 is 0 Å². The summed E-state index contributed by atoms with van der Waals surface area (Å²) in [5, 5.41) is 5.88. The van der Waals surface area contributed by atoms with Crippen molar-refractivity contribution in [2.24, 2.45) is 0 Å². The van der Waals surface area contributed by atoms with Crippen LogP contribution in [0.1, 0.15) is 13.3 Å². The third-order valence-electron chi connectivity index (χ3n) is 2.75. The number of anilines is 1. The zero-order valence-electron chi connectivity index (χ0n) is 11.5. The topological polar surface area (TPSA) is 66.9 Å². The molecule has 0 saturated carbocycles. The van der Waals surface area contributed by atoms with E-state index < -0.39 is 0 Å². The largest absolute Gasteiger partial charge is 0.323 e. The predicted molar refractivity (Wildman–Crippen MR) is 79.3 cm³/mol. The Kier molecular flexibility index (Phi) is 5.20. The second-order valence-corrected chi connectivity index (χ2v) is 4.31. The smallest absolute Gasteiger partial charge is 0.225 e. The maximum Gasteiger partial charge on any atom is 0.225 e. The minimum Gasteiger partial charge on any atom is -0.323 e. The van der Waals surface area contributed by atoms with Gasteiger partial charge in [0.25, 0.3) is 0 Å². The van der Waals surface area contributed by atoms with Crippen LogP contribution in [0.15, 0.2) is 42.7 Å². The van der Waals surface area contributed by atoms with Crippen LogP contribution in [0, 0.1) is 0 Å². The number of aromatic nitrogens is 2. The molecular formula is C15H18N4O. The average Bonchev–Trinajstić information content (AvgIpc) is 2.49. The van der Waals surface area contributed by atoms with Gasteiger partial charge < -0.3 is 10.6 Å². The molecule has 1 heterocycles. The van der Waals surface area contributed by atoms with Gasteiger partial charge in [0.1, 0.15) is 0 Å². The van der Waals surface area contributed by atoms with E-state index >= 15 is 0 Å². The lowest BCUT2D eigenvalue weighted by atomic mass is 10.2. The summed E-state index contributed by atoms with van der Waals surface area (Å²) in [4.78, 5) is 20.1. The molecule has 0 saturated heterocycles. The predicted octanol–water partition coefficient (Wildman–Crippen LogP) is 2.08. The number of amides is 1. The molecule has 0 spiro atoms. The van der Waals surface area contributed by atoms with Crippen LogP contribution in [-0.4, -0.2) is 29.0 Å². The van der Waals surface area contributed by atoms with E-state index in [1.807, 2.05) is 37.3 Å². The van der Waals surface area contributed by atoms with Gasteiger partial charge in [-0.15, -0.1) is 0 Å². The van der Waals surface area contributed by atoms with Crippen molar-refractivity contribution in [3.63, 3.8) is 0 Å². The van der Waals surface area contributed by atoms with Crippen molar-refractivity contribution in [3.8, 4) is 11.4 Å². The maximum atomic E-state index is 11.6. The molecule has 0 aliphatic rings. The second-order valence-electron chi connectivity index (χ2n) is 4.31. The van der Waals surface area contributed by atoms with E-state index in [2.05, 4.69) is 20.6 Å². The van der Waals surface area contributed by atoms with Gasteiger partial charge in [-0.1, -0.05) is 37.3 Å². The van der Waals surface area contributed by atoms with Crippen molar-refractivity contribution in [2.75, 3.05) is 18.4 Å². The van der Waals surface area contributed by atoms with E-state index in [1.54, 1.807) is 12.4 Å². The van der Waals surface area contributed by atoms with Crippen molar-refractivity contribution in [2.45, 2.75) is 13.3 Å². The lowest BCUT2D eigenvalue weighted by Gasteiger charge is -2.05. The maximum absolute atomic E-state index is 11.6. The number of hydrogen-bond donors (Lipinski definition) is 2. The zero-order chi connectivity index (χ0) is 14.2. The van der Waals surface area contributed by atoms with Crippen LogP contribution in [0.2, 0.25) is 0 Å². The molecule has 0 bridgehead atoms. The first-order valence-corrected chi connectivity index (χ1v) is 6.67. The number of benzene rings is 1. The highest BCUT2D eigenvalue weighted by Gasteiger charge is 2.04. The molecule has 20 heavy (non-hydrogen) atoms. The van der Waals surface area contributed by atoms with Crippen LogP contribution < -0.4 is 10.6 Å². The molecule has 0 unspecified atom stereocenters. The highest BCUT2D eigenvalue weighted by atomic mass is 16.1. The van der Waals surface area contributed by atoms with Crippen molar-refractivity contribution in [1.82, 2.24) is 15.3 Å². The Labute approximate surface area is 118 Å². The fourth-order valence-corrected chi connectivity index (χ4v) is 1.73. The van der Waals surface area contributed by atoms with E-state index in [0.29, 0.717) is 24.5 Å². The fraction of sp³-hybridized carbons (Fsp3) is 0.267. The lowest BCUT2D eigenvalue weighted by Crippen LogP contribution is -2.21. The van der Waals surface area contributed by atoms with E-state index in [0.717, 1.165) is 12.1 Å². The van der Waals surface area contributed by atoms with Gasteiger partial charge in [0.05, 0.1) is 18.1 Å². The van der Waals surface area contributed by atoms with Gasteiger partial charge in [-0.05, 0) is 6.54 Å². The van der Waals surface area contributed by atoms with E-state index in [4.69, 9.17) is 0 Å². The van der Waals surface area contributed by atoms with Crippen LogP contribution in [0.3, 0.4) is 0 Å². The van der Waals surface area contributed by atoms with Crippen molar-refractivity contribution >= 4 is 11.6 Å². The van der Waals surface area contributed by atoms with Crippen molar-refractivity contribution in [3.05, 3.63) is 42.7 Å². The minimum absolute atomic E-state index is 0.0398. The molecule has 1 amide bonds. The van der Waals surface area contributed by atoms with Gasteiger partial charge in [-0.25, -0.2) is 9.97 Å². The summed E-state index contributed by atoms with van der Waals surface area (Å²) >= 11 is 0. The SMILES string of the molecule is CCNCCC(=O)Nc1cnc(-c2ccccc2)nc1. The molecule has 0 fully saturated rings. The third-order valence-corrected chi connectivity index (χ3v) is 2.75. The molecule has 5 heteroatoms. The molecular weight excluding hydrogens is 252 g/mol. The Balaban J connectivity index is 1.93. The Morgan fingerprint density at radius 1 is 1.15 bits per heavy atom. The second kappa shape index (κ2) is 7.35. The van der Waals surface area contributed by atoms with Gasteiger partial charge in [0.15, 0.2) is 5.82 Å². The molecule has 0 radical (unpaired) electrons. The quantitative estimate of drug-likeness (QED) is 0.789. The molecule has 0 aliphatic carbocycles. The normalized spacial score (nSPS) is 10.2. The summed E-state index contributed by atoms with van der Waals surface area (Å²) in [6.07, 6.45) is 3.69. The Morgan fingerprint density at radius 3 is 2.50 bits per heavy atom. The number of nitrogens with zero attached hydrogens (tertiary/aromatic N) is 2. The highest BCUT2D eigenvalue weighted by Crippen LogP contribution is 2.14. The average molecular weight is 270 g/mol. The Bertz CT molecular complexity index is 540. The summed E-state index contributed by atoms with van der Waals surface area (Å²) in [6, 6.07) is 9.72. The number of carbonyl (C=O) groups excluding carboxylic acids is 1. The molecule has 0 aliphatic heterocycles. The van der Waals surface area contributed by atoms with Crippen molar-refractivity contribution < 1.29 is 4.79 Å². The summed E-state index contributed by atoms with van der Waals surface area (Å²) in [5.41, 5.74) is 1.57. The zero-order valence-corrected chi connectivity index (χ0v) is 11.5. The first kappa shape index (κ1) is 14.1. The molecule has 2 N–H and O–H groups in total. The number of nitrogens with one attached hydrogen (secondary N) is 2. The third kappa shape index (κ3) is 4.13. The number of carbonyl (C=O) groups is 1. The minimum atomic E-state index is -0.0398.